The number of rotatable bonds is 11. The molecule has 0 saturated heterocycles. The number of hydrogen-bond donors (Lipinski definition) is 3. The molecule has 1 aliphatic rings. The Morgan fingerprint density at radius 1 is 1.20 bits per heavy atom. The Bertz CT molecular complexity index is 1580. The molecule has 4 N–H and O–H groups in total. The van der Waals surface area contributed by atoms with Crippen LogP contribution in [0.25, 0.3) is 11.0 Å². The van der Waals surface area contributed by atoms with Crippen LogP contribution >= 0.6 is 0 Å². The Balaban J connectivity index is 1.27. The van der Waals surface area contributed by atoms with Gasteiger partial charge in [0.25, 0.3) is 5.91 Å². The number of amides is 3. The number of ether oxygens (including phenoxy) is 2. The zero-order chi connectivity index (χ0) is 28.9. The number of anilines is 1. The number of carbonyl (C=O) groups is 3. The lowest BCUT2D eigenvalue weighted by Gasteiger charge is -2.27. The molecule has 5 rings (SSSR count). The van der Waals surface area contributed by atoms with Crippen molar-refractivity contribution in [3.05, 3.63) is 65.2 Å². The highest BCUT2D eigenvalue weighted by Crippen LogP contribution is 2.38. The summed E-state index contributed by atoms with van der Waals surface area (Å²) in [6.07, 6.45) is 3.31. The monoisotopic (exact) mass is 560 g/mol. The SMILES string of the molecule is CCn1nc(C)cc1C(=O)Nc1nc2cc(C(N)=O)cc3c2n1[C@@H](CCCCNC(=O)OCc1ccccn1)CO3. The van der Waals surface area contributed by atoms with Gasteiger partial charge in [0.05, 0.1) is 22.9 Å². The average Bonchev–Trinajstić information content (AvgIpc) is 3.54. The Kier molecular flexibility index (Phi) is 8.13. The summed E-state index contributed by atoms with van der Waals surface area (Å²) in [7, 11) is 0. The van der Waals surface area contributed by atoms with Gasteiger partial charge in [-0.3, -0.25) is 24.6 Å². The predicted molar refractivity (Wildman–Crippen MR) is 150 cm³/mol. The fourth-order valence-corrected chi connectivity index (χ4v) is 4.87. The zero-order valence-corrected chi connectivity index (χ0v) is 22.9. The topological polar surface area (TPSA) is 168 Å². The number of alkyl carbamates (subject to hydrolysis) is 1. The van der Waals surface area contributed by atoms with Gasteiger partial charge in [0.1, 0.15) is 30.2 Å². The van der Waals surface area contributed by atoms with Gasteiger partial charge < -0.3 is 25.1 Å². The average molecular weight is 561 g/mol. The molecule has 13 nitrogen and oxygen atoms in total. The quantitative estimate of drug-likeness (QED) is 0.235. The minimum atomic E-state index is -0.595. The summed E-state index contributed by atoms with van der Waals surface area (Å²) in [6.45, 7) is 5.14. The van der Waals surface area contributed by atoms with E-state index in [0.717, 1.165) is 12.1 Å². The molecule has 1 aliphatic heterocycles. The maximum atomic E-state index is 13.3. The van der Waals surface area contributed by atoms with Crippen molar-refractivity contribution < 1.29 is 23.9 Å². The van der Waals surface area contributed by atoms with Crippen LogP contribution in [-0.2, 0) is 17.9 Å². The van der Waals surface area contributed by atoms with E-state index in [2.05, 4.69) is 25.7 Å². The fraction of sp³-hybridized carbons (Fsp3) is 0.357. The summed E-state index contributed by atoms with van der Waals surface area (Å²) in [6, 6.07) is 10.2. The van der Waals surface area contributed by atoms with Crippen molar-refractivity contribution in [2.75, 3.05) is 18.5 Å². The van der Waals surface area contributed by atoms with Crippen LogP contribution in [-0.4, -0.2) is 55.4 Å². The highest BCUT2D eigenvalue weighted by atomic mass is 16.5. The second-order valence-electron chi connectivity index (χ2n) is 9.74. The second-order valence-corrected chi connectivity index (χ2v) is 9.74. The van der Waals surface area contributed by atoms with Crippen LogP contribution in [0.15, 0.2) is 42.6 Å². The van der Waals surface area contributed by atoms with Crippen molar-refractivity contribution in [1.82, 2.24) is 29.6 Å². The number of pyridine rings is 1. The lowest BCUT2D eigenvalue weighted by atomic mass is 10.1. The van der Waals surface area contributed by atoms with Gasteiger partial charge in [-0.05, 0) is 63.4 Å². The van der Waals surface area contributed by atoms with Gasteiger partial charge >= 0.3 is 6.09 Å². The van der Waals surface area contributed by atoms with Gasteiger partial charge in [-0.15, -0.1) is 0 Å². The van der Waals surface area contributed by atoms with Crippen LogP contribution in [0.2, 0.25) is 0 Å². The zero-order valence-electron chi connectivity index (χ0n) is 22.9. The standard InChI is InChI=1S/C28H32N8O5/c1-3-35-22(12-17(2)34-35)26(38)33-27-32-21-13-18(25(29)37)14-23-24(21)36(27)20(16-40-23)9-5-7-11-31-28(39)41-15-19-8-4-6-10-30-19/h4,6,8,10,12-14,20H,3,5,7,9,11,15-16H2,1-2H3,(H2,29,37)(H,31,39)(H,32,33,38)/t20-/m0/s1. The molecule has 0 spiro atoms. The molecule has 0 fully saturated rings. The highest BCUT2D eigenvalue weighted by molar-refractivity contribution is 6.04. The van der Waals surface area contributed by atoms with Crippen molar-refractivity contribution in [3.63, 3.8) is 0 Å². The number of primary amides is 1. The summed E-state index contributed by atoms with van der Waals surface area (Å²) in [5, 5.41) is 10.1. The van der Waals surface area contributed by atoms with E-state index in [0.29, 0.717) is 66.7 Å². The van der Waals surface area contributed by atoms with E-state index in [9.17, 15) is 14.4 Å². The lowest BCUT2D eigenvalue weighted by Crippen LogP contribution is -2.27. The van der Waals surface area contributed by atoms with Gasteiger partial charge in [-0.25, -0.2) is 9.78 Å². The molecule has 41 heavy (non-hydrogen) atoms. The lowest BCUT2D eigenvalue weighted by molar-refractivity contribution is 0.0995. The summed E-state index contributed by atoms with van der Waals surface area (Å²) >= 11 is 0. The number of aryl methyl sites for hydroxylation is 2. The van der Waals surface area contributed by atoms with Crippen LogP contribution in [0.1, 0.15) is 64.5 Å². The van der Waals surface area contributed by atoms with Crippen LogP contribution in [0.3, 0.4) is 0 Å². The third-order valence-electron chi connectivity index (χ3n) is 6.80. The molecule has 4 heterocycles. The van der Waals surface area contributed by atoms with Crippen molar-refractivity contribution in [3.8, 4) is 5.75 Å². The number of hydrogen-bond acceptors (Lipinski definition) is 8. The van der Waals surface area contributed by atoms with Gasteiger partial charge in [0, 0.05) is 24.8 Å². The minimum Gasteiger partial charge on any atom is -0.489 e. The molecular formula is C28H32N8O5. The summed E-state index contributed by atoms with van der Waals surface area (Å²) < 4.78 is 14.8. The van der Waals surface area contributed by atoms with E-state index in [1.54, 1.807) is 41.2 Å². The van der Waals surface area contributed by atoms with Crippen LogP contribution in [0.5, 0.6) is 5.75 Å². The molecule has 3 amide bonds. The van der Waals surface area contributed by atoms with E-state index in [-0.39, 0.29) is 24.1 Å². The summed E-state index contributed by atoms with van der Waals surface area (Å²) in [4.78, 5) is 46.0. The Morgan fingerprint density at radius 3 is 2.80 bits per heavy atom. The van der Waals surface area contributed by atoms with Gasteiger partial charge in [-0.2, -0.15) is 5.10 Å². The Hall–Kier alpha value is -4.94. The third kappa shape index (κ3) is 6.13. The number of benzene rings is 1. The number of carbonyl (C=O) groups excluding carboxylic acids is 3. The predicted octanol–water partition coefficient (Wildman–Crippen LogP) is 3.34. The first-order chi connectivity index (χ1) is 19.8. The van der Waals surface area contributed by atoms with Crippen molar-refractivity contribution >= 4 is 34.9 Å². The molecule has 0 radical (unpaired) electrons. The van der Waals surface area contributed by atoms with E-state index in [1.807, 2.05) is 24.5 Å². The van der Waals surface area contributed by atoms with Crippen LogP contribution in [0, 0.1) is 6.92 Å². The van der Waals surface area contributed by atoms with E-state index >= 15 is 0 Å². The molecule has 214 valence electrons. The molecule has 1 atom stereocenters. The first-order valence-corrected chi connectivity index (χ1v) is 13.5. The highest BCUT2D eigenvalue weighted by Gasteiger charge is 2.29. The number of nitrogens with two attached hydrogens (primary N) is 1. The maximum absolute atomic E-state index is 13.3. The molecule has 13 heteroatoms. The van der Waals surface area contributed by atoms with E-state index < -0.39 is 12.0 Å². The number of nitrogens with one attached hydrogen (secondary N) is 2. The number of aromatic nitrogens is 5. The van der Waals surface area contributed by atoms with E-state index in [4.69, 9.17) is 15.2 Å². The third-order valence-corrected chi connectivity index (χ3v) is 6.80. The number of unbranched alkanes of at least 4 members (excludes halogenated alkanes) is 1. The number of imidazole rings is 1. The molecule has 0 bridgehead atoms. The molecule has 4 aromatic rings. The van der Waals surface area contributed by atoms with Gasteiger partial charge in [-0.1, -0.05) is 6.07 Å². The second kappa shape index (κ2) is 12.1. The van der Waals surface area contributed by atoms with Crippen LogP contribution in [0.4, 0.5) is 10.7 Å². The molecule has 3 aromatic heterocycles. The summed E-state index contributed by atoms with van der Waals surface area (Å²) in [5.41, 5.74) is 8.80. The largest absolute Gasteiger partial charge is 0.489 e. The van der Waals surface area contributed by atoms with Gasteiger partial charge in [0.15, 0.2) is 0 Å². The normalized spacial score (nSPS) is 14.0. The van der Waals surface area contributed by atoms with Crippen molar-refractivity contribution in [2.24, 2.45) is 5.73 Å². The molecule has 0 saturated carbocycles. The van der Waals surface area contributed by atoms with Crippen molar-refractivity contribution in [2.45, 2.75) is 52.3 Å². The maximum Gasteiger partial charge on any atom is 0.407 e. The minimum absolute atomic E-state index is 0.104. The Labute approximate surface area is 236 Å². The molecule has 0 aliphatic carbocycles. The smallest absolute Gasteiger partial charge is 0.407 e. The number of nitrogens with zero attached hydrogens (tertiary/aromatic N) is 5. The summed E-state index contributed by atoms with van der Waals surface area (Å²) in [5.74, 6) is -0.108. The molecule has 0 unspecified atom stereocenters. The Morgan fingerprint density at radius 2 is 2.05 bits per heavy atom. The van der Waals surface area contributed by atoms with Crippen molar-refractivity contribution in [1.29, 1.82) is 0 Å². The van der Waals surface area contributed by atoms with Gasteiger partial charge in [0.2, 0.25) is 11.9 Å². The molecule has 1 aromatic carbocycles. The van der Waals surface area contributed by atoms with E-state index in [1.165, 1.54) is 0 Å². The van der Waals surface area contributed by atoms with Crippen LogP contribution < -0.4 is 21.1 Å². The molecular weight excluding hydrogens is 528 g/mol. The first kappa shape index (κ1) is 27.6. The first-order valence-electron chi connectivity index (χ1n) is 13.5. The fourth-order valence-electron chi connectivity index (χ4n) is 4.87.